The molecule has 0 spiro atoms. The summed E-state index contributed by atoms with van der Waals surface area (Å²) < 4.78 is 48.8. The monoisotopic (exact) mass is 583 g/mol. The second-order valence-corrected chi connectivity index (χ2v) is 11.6. The van der Waals surface area contributed by atoms with Gasteiger partial charge < -0.3 is 15.0 Å². The molecule has 8 nitrogen and oxygen atoms in total. The summed E-state index contributed by atoms with van der Waals surface area (Å²) in [5, 5.41) is 2.88. The highest BCUT2D eigenvalue weighted by Crippen LogP contribution is 2.27. The summed E-state index contributed by atoms with van der Waals surface area (Å²) in [6, 6.07) is 17.7. The molecule has 1 N–H and O–H groups in total. The zero-order chi connectivity index (χ0) is 30.0. The number of nitrogens with zero attached hydrogens (tertiary/aromatic N) is 2. The van der Waals surface area contributed by atoms with Gasteiger partial charge in [-0.2, -0.15) is 0 Å². The molecule has 0 aliphatic heterocycles. The van der Waals surface area contributed by atoms with Crippen LogP contribution in [0.3, 0.4) is 0 Å². The molecular weight excluding hydrogens is 545 g/mol. The largest absolute Gasteiger partial charge is 0.497 e. The van der Waals surface area contributed by atoms with E-state index in [1.807, 2.05) is 13.8 Å². The molecule has 3 rings (SSSR count). The van der Waals surface area contributed by atoms with E-state index in [4.69, 9.17) is 4.74 Å². The number of halogens is 1. The molecule has 0 fully saturated rings. The van der Waals surface area contributed by atoms with Crippen molar-refractivity contribution < 1.29 is 27.1 Å². The summed E-state index contributed by atoms with van der Waals surface area (Å²) in [6.45, 7) is 5.38. The molecule has 41 heavy (non-hydrogen) atoms. The maximum absolute atomic E-state index is 15.0. The first-order chi connectivity index (χ1) is 19.6. The van der Waals surface area contributed by atoms with Crippen molar-refractivity contribution in [1.82, 2.24) is 10.2 Å². The van der Waals surface area contributed by atoms with Gasteiger partial charge >= 0.3 is 0 Å². The van der Waals surface area contributed by atoms with Crippen molar-refractivity contribution in [3.05, 3.63) is 89.7 Å². The molecular formula is C31H38FN3O5S. The van der Waals surface area contributed by atoms with Crippen molar-refractivity contribution in [3.63, 3.8) is 0 Å². The summed E-state index contributed by atoms with van der Waals surface area (Å²) in [5.41, 5.74) is 1.28. The van der Waals surface area contributed by atoms with E-state index in [0.29, 0.717) is 17.9 Å². The average Bonchev–Trinajstić information content (AvgIpc) is 2.96. The molecule has 0 saturated carbocycles. The Hall–Kier alpha value is -3.92. The maximum Gasteiger partial charge on any atom is 0.264 e. The number of aryl methyl sites for hydroxylation is 1. The molecule has 0 aliphatic carbocycles. The third kappa shape index (κ3) is 8.07. The smallest absolute Gasteiger partial charge is 0.264 e. The SMILES string of the molecule is CCCCNC(=O)[C@@H](CC)N(Cc1cccc(OC)c1)C(=O)CN(c1ccccc1F)S(=O)(=O)c1ccc(C)cc1. The Morgan fingerprint density at radius 1 is 1.00 bits per heavy atom. The first-order valence-corrected chi connectivity index (χ1v) is 15.1. The predicted octanol–water partition coefficient (Wildman–Crippen LogP) is 5.06. The van der Waals surface area contributed by atoms with Gasteiger partial charge in [0.2, 0.25) is 11.8 Å². The molecule has 3 aromatic rings. The topological polar surface area (TPSA) is 96.0 Å². The predicted molar refractivity (Wildman–Crippen MR) is 158 cm³/mol. The number of anilines is 1. The number of methoxy groups -OCH3 is 1. The van der Waals surface area contributed by atoms with Gasteiger partial charge in [0, 0.05) is 13.1 Å². The van der Waals surface area contributed by atoms with E-state index in [9.17, 15) is 18.0 Å². The Bertz CT molecular complexity index is 1430. The highest BCUT2D eigenvalue weighted by molar-refractivity contribution is 7.92. The van der Waals surface area contributed by atoms with Crippen LogP contribution in [0.4, 0.5) is 10.1 Å². The van der Waals surface area contributed by atoms with Crippen molar-refractivity contribution in [2.24, 2.45) is 0 Å². The first-order valence-electron chi connectivity index (χ1n) is 13.7. The van der Waals surface area contributed by atoms with Gasteiger partial charge in [-0.25, -0.2) is 12.8 Å². The Morgan fingerprint density at radius 3 is 2.34 bits per heavy atom. The number of benzene rings is 3. The van der Waals surface area contributed by atoms with Crippen molar-refractivity contribution in [2.45, 2.75) is 57.5 Å². The van der Waals surface area contributed by atoms with Crippen LogP contribution < -0.4 is 14.4 Å². The lowest BCUT2D eigenvalue weighted by atomic mass is 10.1. The minimum absolute atomic E-state index is 0.0193. The summed E-state index contributed by atoms with van der Waals surface area (Å²) in [4.78, 5) is 28.6. The number of nitrogens with one attached hydrogen (secondary N) is 1. The molecule has 10 heteroatoms. The van der Waals surface area contributed by atoms with Crippen LogP contribution >= 0.6 is 0 Å². The van der Waals surface area contributed by atoms with Gasteiger partial charge in [0.15, 0.2) is 0 Å². The van der Waals surface area contributed by atoms with Crippen molar-refractivity contribution in [2.75, 3.05) is 24.5 Å². The van der Waals surface area contributed by atoms with Crippen molar-refractivity contribution in [3.8, 4) is 5.75 Å². The number of amides is 2. The number of sulfonamides is 1. The molecule has 0 aromatic heterocycles. The summed E-state index contributed by atoms with van der Waals surface area (Å²) in [6.07, 6.45) is 1.96. The number of rotatable bonds is 14. The fourth-order valence-electron chi connectivity index (χ4n) is 4.40. The average molecular weight is 584 g/mol. The molecule has 0 aliphatic rings. The van der Waals surface area contributed by atoms with E-state index in [-0.39, 0.29) is 29.5 Å². The fourth-order valence-corrected chi connectivity index (χ4v) is 5.82. The first kappa shape index (κ1) is 31.6. The molecule has 2 amide bonds. The van der Waals surface area contributed by atoms with E-state index in [1.165, 1.54) is 42.3 Å². The molecule has 0 radical (unpaired) electrons. The van der Waals surface area contributed by atoms with Gasteiger partial charge in [0.05, 0.1) is 17.7 Å². The highest BCUT2D eigenvalue weighted by Gasteiger charge is 2.34. The van der Waals surface area contributed by atoms with E-state index in [2.05, 4.69) is 5.32 Å². The standard InChI is InChI=1S/C31H38FN3O5S/c1-5-7-19-33-31(37)28(6-2)34(21-24-11-10-12-25(20-24)40-4)30(36)22-35(29-14-9-8-13-27(29)32)41(38,39)26-17-15-23(3)16-18-26/h8-18,20,28H,5-7,19,21-22H2,1-4H3,(H,33,37)/t28-/m1/s1. The zero-order valence-electron chi connectivity index (χ0n) is 24.0. The molecule has 0 heterocycles. The second kappa shape index (κ2) is 14.6. The number of hydrogen-bond donors (Lipinski definition) is 1. The molecule has 0 bridgehead atoms. The third-order valence-electron chi connectivity index (χ3n) is 6.71. The highest BCUT2D eigenvalue weighted by atomic mass is 32.2. The molecule has 1 atom stereocenters. The number of unbranched alkanes of at least 4 members (excludes halogenated alkanes) is 1. The summed E-state index contributed by atoms with van der Waals surface area (Å²) in [7, 11) is -2.82. The quantitative estimate of drug-likeness (QED) is 0.268. The lowest BCUT2D eigenvalue weighted by Crippen LogP contribution is -2.52. The lowest BCUT2D eigenvalue weighted by Gasteiger charge is -2.33. The van der Waals surface area contributed by atoms with E-state index >= 15 is 4.39 Å². The lowest BCUT2D eigenvalue weighted by molar-refractivity contribution is -0.140. The van der Waals surface area contributed by atoms with Crippen LogP contribution in [0.15, 0.2) is 77.7 Å². The van der Waals surface area contributed by atoms with Crippen LogP contribution in [-0.2, 0) is 26.2 Å². The zero-order valence-corrected chi connectivity index (χ0v) is 24.8. The molecule has 0 unspecified atom stereocenters. The van der Waals surface area contributed by atoms with Gasteiger partial charge in [-0.05, 0) is 61.7 Å². The number of carbonyl (C=O) groups excluding carboxylic acids is 2. The van der Waals surface area contributed by atoms with Gasteiger partial charge in [-0.1, -0.05) is 62.2 Å². The Morgan fingerprint density at radius 2 is 1.71 bits per heavy atom. The van der Waals surface area contributed by atoms with Crippen LogP contribution in [0.1, 0.15) is 44.2 Å². The number of hydrogen-bond acceptors (Lipinski definition) is 5. The minimum Gasteiger partial charge on any atom is -0.497 e. The Labute approximate surface area is 242 Å². The number of para-hydroxylation sites is 1. The summed E-state index contributed by atoms with van der Waals surface area (Å²) in [5.74, 6) is -1.20. The van der Waals surface area contributed by atoms with Crippen LogP contribution in [-0.4, -0.2) is 51.4 Å². The normalized spacial score (nSPS) is 11.9. The Balaban J connectivity index is 2.05. The number of ether oxygens (including phenoxy) is 1. The molecule has 0 saturated heterocycles. The van der Waals surface area contributed by atoms with Crippen LogP contribution in [0, 0.1) is 12.7 Å². The van der Waals surface area contributed by atoms with Crippen molar-refractivity contribution >= 4 is 27.5 Å². The Kier molecular flexibility index (Phi) is 11.3. The van der Waals surface area contributed by atoms with Gasteiger partial charge in [0.25, 0.3) is 10.0 Å². The molecule has 220 valence electrons. The van der Waals surface area contributed by atoms with Crippen molar-refractivity contribution in [1.29, 1.82) is 0 Å². The van der Waals surface area contributed by atoms with Gasteiger partial charge in [-0.3, -0.25) is 13.9 Å². The van der Waals surface area contributed by atoms with E-state index < -0.39 is 34.3 Å². The van der Waals surface area contributed by atoms with Gasteiger partial charge in [-0.15, -0.1) is 0 Å². The maximum atomic E-state index is 15.0. The van der Waals surface area contributed by atoms with E-state index in [0.717, 1.165) is 28.8 Å². The van der Waals surface area contributed by atoms with Crippen LogP contribution in [0.5, 0.6) is 5.75 Å². The molecule has 3 aromatic carbocycles. The minimum atomic E-state index is -4.35. The summed E-state index contributed by atoms with van der Waals surface area (Å²) >= 11 is 0. The fraction of sp³-hybridized carbons (Fsp3) is 0.355. The second-order valence-electron chi connectivity index (χ2n) is 9.72. The van der Waals surface area contributed by atoms with Gasteiger partial charge in [0.1, 0.15) is 24.2 Å². The third-order valence-corrected chi connectivity index (χ3v) is 8.49. The van der Waals surface area contributed by atoms with E-state index in [1.54, 1.807) is 43.3 Å². The van der Waals surface area contributed by atoms with Crippen LogP contribution in [0.25, 0.3) is 0 Å². The van der Waals surface area contributed by atoms with Crippen LogP contribution in [0.2, 0.25) is 0 Å². The number of carbonyl (C=O) groups is 2.